The summed E-state index contributed by atoms with van der Waals surface area (Å²) in [6, 6.07) is 20.8. The largest absolute Gasteiger partial charge is 0.454 e. The van der Waals surface area contributed by atoms with E-state index >= 15 is 0 Å². The average Bonchev–Trinajstić information content (AvgIpc) is 3.73. The van der Waals surface area contributed by atoms with E-state index in [4.69, 9.17) is 14.2 Å². The number of aromatic nitrogens is 3. The van der Waals surface area contributed by atoms with E-state index in [1.807, 2.05) is 84.5 Å². The number of thiophene rings is 1. The number of rotatable bonds is 7. The van der Waals surface area contributed by atoms with Crippen molar-refractivity contribution < 1.29 is 23.8 Å². The van der Waals surface area contributed by atoms with E-state index in [9.17, 15) is 9.59 Å². The Bertz CT molecular complexity index is 1650. The Morgan fingerprint density at radius 3 is 2.55 bits per heavy atom. The molecule has 38 heavy (non-hydrogen) atoms. The maximum absolute atomic E-state index is 13.2. The Morgan fingerprint density at radius 1 is 0.947 bits per heavy atom. The van der Waals surface area contributed by atoms with Crippen molar-refractivity contribution in [2.45, 2.75) is 13.8 Å². The first-order valence-corrected chi connectivity index (χ1v) is 12.9. The monoisotopic (exact) mass is 525 g/mol. The van der Waals surface area contributed by atoms with Crippen LogP contribution in [0.5, 0.6) is 11.5 Å². The number of aryl methyl sites for hydroxylation is 1. The summed E-state index contributed by atoms with van der Waals surface area (Å²) in [5, 5.41) is 6.56. The molecule has 5 aromatic rings. The van der Waals surface area contributed by atoms with Gasteiger partial charge in [-0.25, -0.2) is 9.48 Å². The molecule has 0 saturated carbocycles. The fourth-order valence-corrected chi connectivity index (χ4v) is 5.31. The van der Waals surface area contributed by atoms with Crippen LogP contribution in [0, 0.1) is 13.8 Å². The first-order chi connectivity index (χ1) is 18.5. The molecule has 0 saturated heterocycles. The summed E-state index contributed by atoms with van der Waals surface area (Å²) in [5.74, 6) is 0.464. The number of ether oxygens (including phenoxy) is 3. The number of hydrogen-bond acceptors (Lipinski definition) is 7. The SMILES string of the molecule is Cc1cc(C(=O)COC(=O)c2cn(-c3ccccc3)nc2-c2cccs2)c(C)n1-c1ccc2c(c1)OCO2. The van der Waals surface area contributed by atoms with Crippen LogP contribution < -0.4 is 9.47 Å². The van der Waals surface area contributed by atoms with Gasteiger partial charge in [-0.1, -0.05) is 24.3 Å². The highest BCUT2D eigenvalue weighted by atomic mass is 32.1. The van der Waals surface area contributed by atoms with Gasteiger partial charge in [0.05, 0.1) is 10.6 Å². The molecular weight excluding hydrogens is 502 g/mol. The fourth-order valence-electron chi connectivity index (χ4n) is 4.58. The zero-order valence-corrected chi connectivity index (χ0v) is 21.5. The van der Waals surface area contributed by atoms with Gasteiger partial charge in [0, 0.05) is 34.9 Å². The van der Waals surface area contributed by atoms with Gasteiger partial charge in [0.1, 0.15) is 11.3 Å². The highest BCUT2D eigenvalue weighted by molar-refractivity contribution is 7.13. The van der Waals surface area contributed by atoms with Crippen LogP contribution in [0.15, 0.2) is 78.3 Å². The molecule has 0 atom stereocenters. The van der Waals surface area contributed by atoms with Gasteiger partial charge in [-0.3, -0.25) is 4.79 Å². The summed E-state index contributed by atoms with van der Waals surface area (Å²) < 4.78 is 20.0. The Balaban J connectivity index is 1.23. The molecular formula is C29H23N3O5S. The molecule has 2 aromatic carbocycles. The lowest BCUT2D eigenvalue weighted by atomic mass is 10.1. The minimum atomic E-state index is -0.603. The van der Waals surface area contributed by atoms with Gasteiger partial charge < -0.3 is 18.8 Å². The van der Waals surface area contributed by atoms with Gasteiger partial charge in [-0.2, -0.15) is 5.10 Å². The summed E-state index contributed by atoms with van der Waals surface area (Å²) in [5.41, 5.74) is 4.60. The molecule has 190 valence electrons. The number of esters is 1. The molecule has 0 amide bonds. The van der Waals surface area contributed by atoms with Crippen molar-refractivity contribution in [2.24, 2.45) is 0 Å². The van der Waals surface area contributed by atoms with E-state index in [-0.39, 0.29) is 19.2 Å². The number of hydrogen-bond donors (Lipinski definition) is 0. The molecule has 0 N–H and O–H groups in total. The number of para-hydroxylation sites is 1. The van der Waals surface area contributed by atoms with Crippen LogP contribution in [0.25, 0.3) is 21.9 Å². The second kappa shape index (κ2) is 9.68. The second-order valence-electron chi connectivity index (χ2n) is 8.81. The van der Waals surface area contributed by atoms with Gasteiger partial charge in [0.2, 0.25) is 12.6 Å². The number of benzene rings is 2. The van der Waals surface area contributed by atoms with Crippen LogP contribution in [0.1, 0.15) is 32.1 Å². The van der Waals surface area contributed by atoms with E-state index in [0.29, 0.717) is 28.3 Å². The molecule has 8 nitrogen and oxygen atoms in total. The summed E-state index contributed by atoms with van der Waals surface area (Å²) >= 11 is 1.48. The van der Waals surface area contributed by atoms with Gasteiger partial charge in [-0.05, 0) is 55.6 Å². The second-order valence-corrected chi connectivity index (χ2v) is 9.75. The smallest absolute Gasteiger partial charge is 0.342 e. The Morgan fingerprint density at radius 2 is 1.76 bits per heavy atom. The molecule has 9 heteroatoms. The van der Waals surface area contributed by atoms with Crippen molar-refractivity contribution in [1.82, 2.24) is 14.3 Å². The topological polar surface area (TPSA) is 84.6 Å². The highest BCUT2D eigenvalue weighted by Gasteiger charge is 2.24. The van der Waals surface area contributed by atoms with Crippen molar-refractivity contribution in [2.75, 3.05) is 13.4 Å². The predicted molar refractivity (Wildman–Crippen MR) is 143 cm³/mol. The number of Topliss-reactive ketones (excluding diaryl/α,β-unsaturated/α-hetero) is 1. The highest BCUT2D eigenvalue weighted by Crippen LogP contribution is 2.35. The van der Waals surface area contributed by atoms with Crippen molar-refractivity contribution in [1.29, 1.82) is 0 Å². The first kappa shape index (κ1) is 23.7. The van der Waals surface area contributed by atoms with Crippen LogP contribution in [0.3, 0.4) is 0 Å². The normalized spacial score (nSPS) is 12.1. The molecule has 1 aliphatic heterocycles. The van der Waals surface area contributed by atoms with Gasteiger partial charge in [-0.15, -0.1) is 11.3 Å². The fraction of sp³-hybridized carbons (Fsp3) is 0.138. The van der Waals surface area contributed by atoms with Crippen molar-refractivity contribution in [3.05, 3.63) is 101 Å². The van der Waals surface area contributed by atoms with E-state index in [2.05, 4.69) is 5.10 Å². The van der Waals surface area contributed by atoms with E-state index < -0.39 is 5.97 Å². The van der Waals surface area contributed by atoms with E-state index in [1.165, 1.54) is 11.3 Å². The molecule has 3 aromatic heterocycles. The van der Waals surface area contributed by atoms with Crippen LogP contribution in [0.2, 0.25) is 0 Å². The lowest BCUT2D eigenvalue weighted by Crippen LogP contribution is -2.15. The number of carbonyl (C=O) groups is 2. The van der Waals surface area contributed by atoms with Crippen LogP contribution in [-0.4, -0.2) is 39.5 Å². The Labute approximate surface area is 222 Å². The lowest BCUT2D eigenvalue weighted by molar-refractivity contribution is 0.0475. The zero-order valence-electron chi connectivity index (χ0n) is 20.7. The minimum Gasteiger partial charge on any atom is -0.454 e. The molecule has 0 fully saturated rings. The molecule has 6 rings (SSSR count). The zero-order chi connectivity index (χ0) is 26.2. The van der Waals surface area contributed by atoms with Crippen molar-refractivity contribution in [3.8, 4) is 33.4 Å². The van der Waals surface area contributed by atoms with Crippen LogP contribution in [-0.2, 0) is 4.74 Å². The third-order valence-electron chi connectivity index (χ3n) is 6.39. The quantitative estimate of drug-likeness (QED) is 0.198. The Hall–Kier alpha value is -4.63. The molecule has 0 radical (unpaired) electrons. The third-order valence-corrected chi connectivity index (χ3v) is 7.27. The average molecular weight is 526 g/mol. The number of carbonyl (C=O) groups excluding carboxylic acids is 2. The summed E-state index contributed by atoms with van der Waals surface area (Å²) in [7, 11) is 0. The predicted octanol–water partition coefficient (Wildman–Crippen LogP) is 5.78. The lowest BCUT2D eigenvalue weighted by Gasteiger charge is -2.11. The standard InChI is InChI=1S/C29H23N3O5S/c1-18-13-22(19(2)32(18)21-10-11-25-26(14-21)37-17-36-25)24(33)16-35-29(34)23-15-31(20-7-4-3-5-8-20)30-28(23)27-9-6-12-38-27/h3-15H,16-17H2,1-2H3. The van der Waals surface area contributed by atoms with Crippen LogP contribution >= 0.6 is 11.3 Å². The third kappa shape index (κ3) is 4.26. The summed E-state index contributed by atoms with van der Waals surface area (Å²) in [6.07, 6.45) is 1.64. The maximum Gasteiger partial charge on any atom is 0.342 e. The Kier molecular flexibility index (Phi) is 6.05. The van der Waals surface area contributed by atoms with E-state index in [1.54, 1.807) is 16.9 Å². The van der Waals surface area contributed by atoms with Gasteiger partial charge in [0.25, 0.3) is 0 Å². The molecule has 0 aliphatic carbocycles. The molecule has 0 spiro atoms. The molecule has 4 heterocycles. The first-order valence-electron chi connectivity index (χ1n) is 12.0. The summed E-state index contributed by atoms with van der Waals surface area (Å²) in [6.45, 7) is 3.59. The molecule has 0 bridgehead atoms. The number of ketones is 1. The van der Waals surface area contributed by atoms with Crippen LogP contribution in [0.4, 0.5) is 0 Å². The van der Waals surface area contributed by atoms with Crippen molar-refractivity contribution >= 4 is 23.1 Å². The number of fused-ring (bicyclic) bond motifs is 1. The molecule has 0 unspecified atom stereocenters. The minimum absolute atomic E-state index is 0.190. The van der Waals surface area contributed by atoms with Crippen molar-refractivity contribution in [3.63, 3.8) is 0 Å². The summed E-state index contributed by atoms with van der Waals surface area (Å²) in [4.78, 5) is 27.2. The van der Waals surface area contributed by atoms with Gasteiger partial charge in [0.15, 0.2) is 18.1 Å². The van der Waals surface area contributed by atoms with E-state index in [0.717, 1.165) is 27.6 Å². The van der Waals surface area contributed by atoms with Gasteiger partial charge >= 0.3 is 5.97 Å². The maximum atomic E-state index is 13.2. The molecule has 1 aliphatic rings. The number of nitrogens with zero attached hydrogens (tertiary/aromatic N) is 3.